The van der Waals surface area contributed by atoms with E-state index >= 15 is 0 Å². The maximum atomic E-state index is 13.8. The van der Waals surface area contributed by atoms with Gasteiger partial charge in [0.1, 0.15) is 23.2 Å². The topological polar surface area (TPSA) is 240 Å². The minimum Gasteiger partial charge on any atom is -0.368 e. The molecule has 0 unspecified atom stereocenters. The quantitative estimate of drug-likeness (QED) is 0.0265. The zero-order valence-electron chi connectivity index (χ0n) is 27.3. The Morgan fingerprint density at radius 1 is 0.780 bits per heavy atom. The zero-order chi connectivity index (χ0) is 35.9. The first kappa shape index (κ1) is 36.6. The van der Waals surface area contributed by atoms with E-state index in [4.69, 9.17) is 11.5 Å². The predicted molar refractivity (Wildman–Crippen MR) is 188 cm³/mol. The van der Waals surface area contributed by atoms with Crippen molar-refractivity contribution in [3.63, 3.8) is 0 Å². The lowest BCUT2D eigenvalue weighted by Gasteiger charge is -2.25. The molecule has 4 amide bonds. The number of hydrogen-bond donors (Lipinski definition) is 7. The first-order valence-corrected chi connectivity index (χ1v) is 16.1. The van der Waals surface area contributed by atoms with Crippen LogP contribution in [0.4, 0.5) is 0 Å². The monoisotopic (exact) mass is 683 g/mol. The minimum atomic E-state index is -1.18. The van der Waals surface area contributed by atoms with Crippen LogP contribution in [0.15, 0.2) is 96.2 Å². The van der Waals surface area contributed by atoms with E-state index in [1.807, 2.05) is 84.9 Å². The molecule has 0 radical (unpaired) electrons. The van der Waals surface area contributed by atoms with Gasteiger partial charge in [0.05, 0.1) is 0 Å². The smallest absolute Gasteiger partial charge is 0.266 e. The molecule has 4 aromatic rings. The fraction of sp³-hybridized carbons (Fsp3) is 0.286. The fourth-order valence-electron chi connectivity index (χ4n) is 5.43. The van der Waals surface area contributed by atoms with Crippen molar-refractivity contribution in [2.45, 2.75) is 56.7 Å². The van der Waals surface area contributed by atoms with Gasteiger partial charge >= 0.3 is 0 Å². The lowest BCUT2D eigenvalue weighted by atomic mass is 10.0. The van der Waals surface area contributed by atoms with E-state index in [2.05, 4.69) is 31.4 Å². The number of rotatable bonds is 18. The number of aromatic nitrogens is 1. The van der Waals surface area contributed by atoms with Crippen LogP contribution in [0.3, 0.4) is 0 Å². The van der Waals surface area contributed by atoms with Gasteiger partial charge in [-0.1, -0.05) is 78.9 Å². The van der Waals surface area contributed by atoms with Gasteiger partial charge in [-0.25, -0.2) is 10.1 Å². The molecule has 0 saturated heterocycles. The highest BCUT2D eigenvalue weighted by Gasteiger charge is 2.29. The number of carbonyl (C=O) groups is 4. The summed E-state index contributed by atoms with van der Waals surface area (Å²) < 4.78 is 0. The number of aryl methyl sites for hydroxylation is 1. The molecule has 50 heavy (non-hydrogen) atoms. The van der Waals surface area contributed by atoms with Gasteiger partial charge < -0.3 is 37.7 Å². The van der Waals surface area contributed by atoms with Gasteiger partial charge in [0.2, 0.25) is 23.6 Å². The summed E-state index contributed by atoms with van der Waals surface area (Å²) in [4.78, 5) is 66.9. The SMILES string of the molecule is NC(=O)[C@H](Cc1c[nH]c2ccccc12)NC(=O)[C@H](CCCN/C(N)=N\[N+](=O)[O-])NC(=O)[C@@H](Cc1ccccc1)NC(=O)CCc1ccccc1. The summed E-state index contributed by atoms with van der Waals surface area (Å²) >= 11 is 0. The van der Waals surface area contributed by atoms with Crippen LogP contribution in [0.2, 0.25) is 0 Å². The number of hydrazone groups is 1. The second-order valence-corrected chi connectivity index (χ2v) is 11.7. The third-order valence-electron chi connectivity index (χ3n) is 7.97. The molecule has 15 nitrogen and oxygen atoms in total. The molecule has 3 aromatic carbocycles. The Labute approximate surface area is 288 Å². The van der Waals surface area contributed by atoms with E-state index in [1.54, 1.807) is 6.20 Å². The molecule has 0 aliphatic heterocycles. The molecular formula is C35H41N9O6. The molecule has 3 atom stereocenters. The van der Waals surface area contributed by atoms with Crippen molar-refractivity contribution in [3.8, 4) is 0 Å². The molecule has 0 aliphatic carbocycles. The average molecular weight is 684 g/mol. The van der Waals surface area contributed by atoms with Gasteiger partial charge in [0, 0.05) is 42.9 Å². The number of nitrogens with one attached hydrogen (secondary N) is 5. The molecule has 1 heterocycles. The molecule has 0 saturated carbocycles. The minimum absolute atomic E-state index is 0.0366. The van der Waals surface area contributed by atoms with Crippen LogP contribution >= 0.6 is 0 Å². The molecule has 4 rings (SSSR count). The average Bonchev–Trinajstić information content (AvgIpc) is 3.51. The Morgan fingerprint density at radius 2 is 1.40 bits per heavy atom. The molecule has 15 heteroatoms. The molecular weight excluding hydrogens is 642 g/mol. The maximum Gasteiger partial charge on any atom is 0.266 e. The van der Waals surface area contributed by atoms with Gasteiger partial charge in [0.15, 0.2) is 5.03 Å². The van der Waals surface area contributed by atoms with Gasteiger partial charge in [-0.3, -0.25) is 19.2 Å². The van der Waals surface area contributed by atoms with Gasteiger partial charge in [-0.05, 0) is 42.0 Å². The molecule has 1 aromatic heterocycles. The number of primary amides is 1. The van der Waals surface area contributed by atoms with Crippen LogP contribution in [0.25, 0.3) is 10.9 Å². The second kappa shape index (κ2) is 18.3. The highest BCUT2D eigenvalue weighted by atomic mass is 16.7. The summed E-state index contributed by atoms with van der Waals surface area (Å²) in [5.74, 6) is -2.83. The molecule has 262 valence electrons. The number of guanidine groups is 1. The van der Waals surface area contributed by atoms with Crippen molar-refractivity contribution in [3.05, 3.63) is 118 Å². The molecule has 0 fully saturated rings. The lowest BCUT2D eigenvalue weighted by molar-refractivity contribution is -0.485. The predicted octanol–water partition coefficient (Wildman–Crippen LogP) is 1.40. The van der Waals surface area contributed by atoms with Crippen molar-refractivity contribution in [2.75, 3.05) is 6.54 Å². The van der Waals surface area contributed by atoms with Crippen molar-refractivity contribution in [1.82, 2.24) is 26.3 Å². The van der Waals surface area contributed by atoms with E-state index in [-0.39, 0.29) is 44.6 Å². The second-order valence-electron chi connectivity index (χ2n) is 11.7. The van der Waals surface area contributed by atoms with Crippen LogP contribution < -0.4 is 32.7 Å². The Bertz CT molecular complexity index is 1800. The first-order chi connectivity index (χ1) is 24.1. The van der Waals surface area contributed by atoms with Crippen molar-refractivity contribution < 1.29 is 24.2 Å². The number of amides is 4. The zero-order valence-corrected chi connectivity index (χ0v) is 27.3. The Balaban J connectivity index is 1.50. The number of nitro groups is 1. The standard InChI is InChI=1S/C35H41N9O6/c36-32(46)29(21-25-22-39-27-15-8-7-14-26(25)27)42-33(47)28(16-9-19-38-35(37)43-44(49)50)41-34(48)30(20-24-12-5-2-6-13-24)40-31(45)18-17-23-10-3-1-4-11-23/h1-8,10-15,22,28-30,39H,9,16-21H2,(H2,36,46)(H,40,45)(H,41,48)(H,42,47)(H3,37,38,43)/t28-,29-,30+/m0/s1. The number of H-pyrrole nitrogens is 1. The number of carbonyl (C=O) groups excluding carboxylic acids is 4. The van der Waals surface area contributed by atoms with Crippen molar-refractivity contribution >= 4 is 40.5 Å². The van der Waals surface area contributed by atoms with Gasteiger partial charge in [-0.2, -0.15) is 0 Å². The molecule has 0 spiro atoms. The number of fused-ring (bicyclic) bond motifs is 1. The van der Waals surface area contributed by atoms with Crippen molar-refractivity contribution in [2.24, 2.45) is 16.6 Å². The normalized spacial score (nSPS) is 13.1. The fourth-order valence-corrected chi connectivity index (χ4v) is 5.43. The summed E-state index contributed by atoms with van der Waals surface area (Å²) in [6.07, 6.45) is 2.84. The summed E-state index contributed by atoms with van der Waals surface area (Å²) in [6, 6.07) is 22.7. The van der Waals surface area contributed by atoms with E-state index in [9.17, 15) is 29.3 Å². The lowest BCUT2D eigenvalue weighted by Crippen LogP contribution is -2.57. The number of aromatic amines is 1. The number of hydrogen-bond acceptors (Lipinski definition) is 6. The van der Waals surface area contributed by atoms with Gasteiger partial charge in [-0.15, -0.1) is 0 Å². The third-order valence-corrected chi connectivity index (χ3v) is 7.97. The third kappa shape index (κ3) is 11.5. The maximum absolute atomic E-state index is 13.8. The Kier molecular flexibility index (Phi) is 13.4. The van der Waals surface area contributed by atoms with Crippen LogP contribution in [0, 0.1) is 10.1 Å². The molecule has 9 N–H and O–H groups in total. The highest BCUT2D eigenvalue weighted by Crippen LogP contribution is 2.19. The van der Waals surface area contributed by atoms with E-state index < -0.39 is 46.8 Å². The van der Waals surface area contributed by atoms with Crippen molar-refractivity contribution in [1.29, 1.82) is 0 Å². The number of benzene rings is 3. The van der Waals surface area contributed by atoms with Crippen LogP contribution in [-0.2, 0) is 38.4 Å². The largest absolute Gasteiger partial charge is 0.368 e. The number of para-hydroxylation sites is 1. The summed E-state index contributed by atoms with van der Waals surface area (Å²) in [5, 5.41) is 24.3. The van der Waals surface area contributed by atoms with Gasteiger partial charge in [0.25, 0.3) is 5.96 Å². The summed E-state index contributed by atoms with van der Waals surface area (Å²) in [6.45, 7) is 0.0844. The number of nitrogens with zero attached hydrogens (tertiary/aromatic N) is 2. The number of nitrogens with two attached hydrogens (primary N) is 2. The van der Waals surface area contributed by atoms with Crippen LogP contribution in [-0.4, -0.2) is 64.3 Å². The highest BCUT2D eigenvalue weighted by molar-refractivity contribution is 5.94. The summed E-state index contributed by atoms with van der Waals surface area (Å²) in [5.41, 5.74) is 14.6. The van der Waals surface area contributed by atoms with E-state index in [1.165, 1.54) is 0 Å². The summed E-state index contributed by atoms with van der Waals surface area (Å²) in [7, 11) is 0. The molecule has 0 bridgehead atoms. The van der Waals surface area contributed by atoms with E-state index in [0.717, 1.165) is 27.6 Å². The molecule has 0 aliphatic rings. The van der Waals surface area contributed by atoms with Crippen LogP contribution in [0.5, 0.6) is 0 Å². The first-order valence-electron chi connectivity index (χ1n) is 16.1. The Hall–Kier alpha value is -6.25. The van der Waals surface area contributed by atoms with E-state index in [0.29, 0.717) is 6.42 Å². The Morgan fingerprint density at radius 3 is 2.08 bits per heavy atom. The van der Waals surface area contributed by atoms with Crippen LogP contribution in [0.1, 0.15) is 36.0 Å².